The van der Waals surface area contributed by atoms with Gasteiger partial charge in [-0.05, 0) is 178 Å². The van der Waals surface area contributed by atoms with Crippen LogP contribution in [0.25, 0.3) is 11.1 Å². The molecule has 4 atom stereocenters. The van der Waals surface area contributed by atoms with Crippen LogP contribution in [0, 0.1) is 29.2 Å². The van der Waals surface area contributed by atoms with Crippen molar-refractivity contribution in [2.45, 2.75) is 95.0 Å². The van der Waals surface area contributed by atoms with Gasteiger partial charge in [0.1, 0.15) is 34.9 Å². The highest BCUT2D eigenvalue weighted by Gasteiger charge is 2.45. The average Bonchev–Trinajstić information content (AvgIpc) is 3.94. The quantitative estimate of drug-likeness (QED) is 0.0810. The predicted molar refractivity (Wildman–Crippen MR) is 267 cm³/mol. The third kappa shape index (κ3) is 15.1. The number of ether oxygens (including phenoxy) is 1. The first kappa shape index (κ1) is 55.1. The zero-order valence-electron chi connectivity index (χ0n) is 41.7. The van der Waals surface area contributed by atoms with Crippen LogP contribution in [-0.4, -0.2) is 110 Å². The summed E-state index contributed by atoms with van der Waals surface area (Å²) in [6.07, 6.45) is 8.42. The molecule has 1 saturated carbocycles. The highest BCUT2D eigenvalue weighted by molar-refractivity contribution is 5.87. The molecule has 70 heavy (non-hydrogen) atoms. The number of nitrogens with two attached hydrogens (primary N) is 1. The molecule has 15 heteroatoms. The molecule has 7 rings (SSSR count). The van der Waals surface area contributed by atoms with Gasteiger partial charge in [-0.1, -0.05) is 66.7 Å². The molecule has 2 amide bonds. The Kier molecular flexibility index (Phi) is 19.1. The van der Waals surface area contributed by atoms with Crippen molar-refractivity contribution in [2.24, 2.45) is 11.7 Å². The third-order valence-electron chi connectivity index (χ3n) is 12.4. The van der Waals surface area contributed by atoms with Crippen LogP contribution in [0.2, 0.25) is 0 Å². The monoisotopic (exact) mass is 971 g/mol. The van der Waals surface area contributed by atoms with Crippen LogP contribution in [0.3, 0.4) is 0 Å². The lowest BCUT2D eigenvalue weighted by atomic mass is 9.83. The molecule has 4 aromatic rings. The minimum atomic E-state index is -0.997. The van der Waals surface area contributed by atoms with Gasteiger partial charge in [-0.15, -0.1) is 0 Å². The Morgan fingerprint density at radius 2 is 1.30 bits per heavy atom. The van der Waals surface area contributed by atoms with Crippen LogP contribution in [0.4, 0.5) is 22.4 Å². The molecule has 1 fully saturated rings. The van der Waals surface area contributed by atoms with Gasteiger partial charge in [0.25, 0.3) is 0 Å². The number of alkyl carbamates (subject to hydrolysis) is 1. The molecule has 2 heterocycles. The fraction of sp³-hybridized carbons (Fsp3) is 0.436. The maximum Gasteiger partial charge on any atom is 0.408 e. The number of carboxylic acid groups (broad SMARTS) is 1. The number of carbonyl (C=O) groups excluding carboxylic acids is 2. The number of nitrogens with zero attached hydrogens (tertiary/aromatic N) is 3. The van der Waals surface area contributed by atoms with E-state index in [1.54, 1.807) is 32.6 Å². The van der Waals surface area contributed by atoms with Crippen LogP contribution in [0.1, 0.15) is 88.5 Å². The Morgan fingerprint density at radius 1 is 0.786 bits per heavy atom. The predicted octanol–water partition coefficient (Wildman–Crippen LogP) is 9.34. The second-order valence-electron chi connectivity index (χ2n) is 19.9. The Bertz CT molecular complexity index is 2460. The van der Waals surface area contributed by atoms with Gasteiger partial charge in [-0.25, -0.2) is 27.2 Å². The zero-order valence-corrected chi connectivity index (χ0v) is 41.7. The number of hydrogen-bond donors (Lipinski definition) is 4. The summed E-state index contributed by atoms with van der Waals surface area (Å²) in [6, 6.07) is 25.4. The van der Waals surface area contributed by atoms with Crippen molar-refractivity contribution in [3.63, 3.8) is 0 Å². The van der Waals surface area contributed by atoms with Crippen LogP contribution in [0.5, 0.6) is 0 Å². The van der Waals surface area contributed by atoms with E-state index in [0.29, 0.717) is 24.1 Å². The Labute approximate surface area is 410 Å². The number of carboxylic acids is 1. The maximum absolute atomic E-state index is 14.6. The molecule has 0 saturated heterocycles. The van der Waals surface area contributed by atoms with Crippen molar-refractivity contribution in [1.82, 2.24) is 25.3 Å². The van der Waals surface area contributed by atoms with Gasteiger partial charge in [0.05, 0.1) is 17.1 Å². The van der Waals surface area contributed by atoms with Crippen molar-refractivity contribution in [1.29, 1.82) is 0 Å². The number of amides is 2. The Hall–Kier alpha value is -5.87. The second kappa shape index (κ2) is 24.3. The normalized spacial score (nSPS) is 19.6. The fourth-order valence-corrected chi connectivity index (χ4v) is 8.85. The highest BCUT2D eigenvalue weighted by Crippen LogP contribution is 2.44. The first-order valence-corrected chi connectivity index (χ1v) is 23.8. The molecule has 0 radical (unpaired) electrons. The van der Waals surface area contributed by atoms with E-state index >= 15 is 0 Å². The molecular weight excluding hydrogens is 901 g/mol. The largest absolute Gasteiger partial charge is 0.480 e. The number of benzene rings is 4. The molecule has 378 valence electrons. The van der Waals surface area contributed by atoms with E-state index in [0.717, 1.165) is 80.1 Å². The lowest BCUT2D eigenvalue weighted by Crippen LogP contribution is -2.51. The summed E-state index contributed by atoms with van der Waals surface area (Å²) in [5.74, 6) is -2.96. The molecule has 1 unspecified atom stereocenters. The van der Waals surface area contributed by atoms with Gasteiger partial charge in [-0.2, -0.15) is 0 Å². The van der Waals surface area contributed by atoms with Gasteiger partial charge >= 0.3 is 12.1 Å². The number of hydrogen-bond acceptors (Lipinski definition) is 8. The van der Waals surface area contributed by atoms with E-state index in [4.69, 9.17) is 15.6 Å². The molecule has 11 nitrogen and oxygen atoms in total. The van der Waals surface area contributed by atoms with E-state index in [2.05, 4.69) is 52.7 Å². The summed E-state index contributed by atoms with van der Waals surface area (Å²) in [5.41, 5.74) is 8.28. The average molecular weight is 971 g/mol. The van der Waals surface area contributed by atoms with Crippen molar-refractivity contribution >= 4 is 29.1 Å². The maximum atomic E-state index is 14.6. The summed E-state index contributed by atoms with van der Waals surface area (Å²) >= 11 is 0. The fourth-order valence-electron chi connectivity index (χ4n) is 8.85. The lowest BCUT2D eigenvalue weighted by molar-refractivity contribution is -0.140. The molecule has 5 N–H and O–H groups in total. The summed E-state index contributed by atoms with van der Waals surface area (Å²) in [5, 5.41) is 14.8. The Balaban J connectivity index is 0.000000206. The standard InChI is InChI=1S/C24H29F2N3O.C21H24F2N2.C10H17NO4/c1-17(27)23(30)29-16-18(21-14-20(25)10-11-22(21)26)15-24(29,12-7-13-28(2)3)19-8-5-4-6-9-19;1-25(2)12-6-11-21(17-7-4-3-5-8-17)14-16(15-24-21)19-13-18(22)9-10-20(19)23;1-10(2,3)15-9(14)11-7(8(12)13)6-4-5-6/h4-6,8-11,14-15,17H,7,12-13,16,27H2,1-3H3;3-5,7-10,13-14,24H,6,11-12,15H2,1-2H3;6-7H,4-5H2,1-3H3,(H,11,14)(H,12,13)/t17-,24-;;7-/m0.0/s1. The van der Waals surface area contributed by atoms with E-state index in [1.165, 1.54) is 18.2 Å². The topological polar surface area (TPSA) is 140 Å². The van der Waals surface area contributed by atoms with Crippen molar-refractivity contribution in [3.8, 4) is 0 Å². The van der Waals surface area contributed by atoms with Gasteiger partial charge < -0.3 is 40.9 Å². The summed E-state index contributed by atoms with van der Waals surface area (Å²) in [7, 11) is 8.11. The first-order valence-electron chi connectivity index (χ1n) is 23.8. The first-order chi connectivity index (χ1) is 33.0. The molecular formula is C55H70F4N6O5. The SMILES string of the molecule is CC(C)(C)OC(=O)N[C@H](C(=O)O)C1CC1.CN(C)CCCC1(c2ccccc2)C=C(c2cc(F)ccc2F)CN1.C[C@H](N)C(=O)N1CC(c2cc(F)ccc2F)=C[C@@]1(CCCN(C)C)c1ccccc1. The number of aliphatic carboxylic acids is 1. The van der Waals surface area contributed by atoms with Crippen molar-refractivity contribution < 1.29 is 41.8 Å². The van der Waals surface area contributed by atoms with Crippen LogP contribution < -0.4 is 16.4 Å². The van der Waals surface area contributed by atoms with Gasteiger partial charge in [0, 0.05) is 24.2 Å². The van der Waals surface area contributed by atoms with Crippen molar-refractivity contribution in [2.75, 3.05) is 54.4 Å². The number of halogens is 4. The number of carbonyl (C=O) groups is 3. The van der Waals surface area contributed by atoms with Crippen LogP contribution in [0.15, 0.2) is 109 Å². The number of nitrogens with one attached hydrogen (secondary N) is 2. The van der Waals surface area contributed by atoms with Crippen LogP contribution in [-0.2, 0) is 25.4 Å². The lowest BCUT2D eigenvalue weighted by Gasteiger charge is -2.40. The van der Waals surface area contributed by atoms with Gasteiger partial charge in [-0.3, -0.25) is 4.79 Å². The van der Waals surface area contributed by atoms with Gasteiger partial charge in [0.15, 0.2) is 0 Å². The molecule has 1 aliphatic carbocycles. The summed E-state index contributed by atoms with van der Waals surface area (Å²) in [6.45, 7) is 9.38. The number of rotatable bonds is 16. The van der Waals surface area contributed by atoms with E-state index < -0.39 is 52.7 Å². The second-order valence-corrected chi connectivity index (χ2v) is 19.9. The minimum Gasteiger partial charge on any atom is -0.480 e. The summed E-state index contributed by atoms with van der Waals surface area (Å²) in [4.78, 5) is 41.2. The molecule has 0 aromatic heterocycles. The molecule has 0 spiro atoms. The van der Waals surface area contributed by atoms with Crippen LogP contribution >= 0.6 is 0 Å². The molecule has 3 aliphatic rings. The van der Waals surface area contributed by atoms with E-state index in [1.807, 2.05) is 68.7 Å². The van der Waals surface area contributed by atoms with Crippen molar-refractivity contribution in [3.05, 3.63) is 155 Å². The highest BCUT2D eigenvalue weighted by atomic mass is 19.1. The van der Waals surface area contributed by atoms with Gasteiger partial charge in [0.2, 0.25) is 5.91 Å². The molecule has 0 bridgehead atoms. The Morgan fingerprint density at radius 3 is 1.79 bits per heavy atom. The molecule has 4 aromatic carbocycles. The smallest absolute Gasteiger partial charge is 0.408 e. The summed E-state index contributed by atoms with van der Waals surface area (Å²) < 4.78 is 61.2. The minimum absolute atomic E-state index is 0.0648. The third-order valence-corrected chi connectivity index (χ3v) is 12.4. The van der Waals surface area contributed by atoms with E-state index in [9.17, 15) is 31.9 Å². The molecule has 2 aliphatic heterocycles. The van der Waals surface area contributed by atoms with E-state index in [-0.39, 0.29) is 35.3 Å². The zero-order chi connectivity index (χ0) is 51.4.